The Morgan fingerprint density at radius 1 is 1.53 bits per heavy atom. The Morgan fingerprint density at radius 2 is 2.20 bits per heavy atom. The van der Waals surface area contributed by atoms with E-state index in [1.54, 1.807) is 0 Å². The van der Waals surface area contributed by atoms with Gasteiger partial charge in [-0.1, -0.05) is 18.8 Å². The molecule has 15 heavy (non-hydrogen) atoms. The Balaban J connectivity index is 2.91. The lowest BCUT2D eigenvalue weighted by atomic mass is 10.1. The fourth-order valence-electron chi connectivity index (χ4n) is 1.23. The molecule has 82 valence electrons. The molecule has 0 saturated heterocycles. The van der Waals surface area contributed by atoms with Crippen molar-refractivity contribution in [1.82, 2.24) is 9.78 Å². The van der Waals surface area contributed by atoms with Crippen LogP contribution in [0.5, 0.6) is 0 Å². The largest absolute Gasteiger partial charge is 0.316 e. The van der Waals surface area contributed by atoms with Crippen LogP contribution in [0.2, 0.25) is 0 Å². The Bertz CT molecular complexity index is 385. The Kier molecular flexibility index (Phi) is 3.54. The molecular formula is C12H19N3. The number of aromatic nitrogens is 2. The van der Waals surface area contributed by atoms with E-state index in [1.165, 1.54) is 0 Å². The van der Waals surface area contributed by atoms with Gasteiger partial charge in [-0.25, -0.2) is 0 Å². The summed E-state index contributed by atoms with van der Waals surface area (Å²) in [5.41, 5.74) is 7.45. The lowest BCUT2D eigenvalue weighted by molar-refractivity contribution is 0.587. The average molecular weight is 205 g/mol. The summed E-state index contributed by atoms with van der Waals surface area (Å²) in [6.45, 7) is 8.91. The van der Waals surface area contributed by atoms with Gasteiger partial charge in [-0.2, -0.15) is 5.10 Å². The second-order valence-corrected chi connectivity index (χ2v) is 4.34. The molecule has 3 nitrogen and oxygen atoms in total. The summed E-state index contributed by atoms with van der Waals surface area (Å²) in [6.07, 6.45) is 2.89. The molecule has 0 aromatic carbocycles. The second-order valence-electron chi connectivity index (χ2n) is 4.34. The van der Waals surface area contributed by atoms with E-state index in [9.17, 15) is 0 Å². The van der Waals surface area contributed by atoms with E-state index < -0.39 is 5.54 Å². The zero-order chi connectivity index (χ0) is 11.5. The van der Waals surface area contributed by atoms with Gasteiger partial charge in [-0.15, -0.1) is 0 Å². The quantitative estimate of drug-likeness (QED) is 0.747. The van der Waals surface area contributed by atoms with Gasteiger partial charge >= 0.3 is 0 Å². The summed E-state index contributed by atoms with van der Waals surface area (Å²) in [7, 11) is 0. The molecule has 0 radical (unpaired) electrons. The molecule has 1 aromatic heterocycles. The van der Waals surface area contributed by atoms with Crippen molar-refractivity contribution >= 4 is 0 Å². The molecule has 1 rings (SSSR count). The van der Waals surface area contributed by atoms with Gasteiger partial charge in [0.15, 0.2) is 0 Å². The molecule has 0 amide bonds. The summed E-state index contributed by atoms with van der Waals surface area (Å²) in [6, 6.07) is 0. The van der Waals surface area contributed by atoms with Crippen LogP contribution in [0.3, 0.4) is 0 Å². The molecule has 0 saturated carbocycles. The highest BCUT2D eigenvalue weighted by atomic mass is 15.3. The molecule has 1 heterocycles. The van der Waals surface area contributed by atoms with Crippen molar-refractivity contribution in [3.05, 3.63) is 17.5 Å². The van der Waals surface area contributed by atoms with Crippen molar-refractivity contribution in [2.45, 2.75) is 46.2 Å². The first-order valence-corrected chi connectivity index (χ1v) is 5.28. The minimum Gasteiger partial charge on any atom is -0.316 e. The van der Waals surface area contributed by atoms with E-state index in [2.05, 4.69) is 23.9 Å². The average Bonchev–Trinajstić information content (AvgIpc) is 2.45. The van der Waals surface area contributed by atoms with Crippen molar-refractivity contribution in [3.63, 3.8) is 0 Å². The molecular weight excluding hydrogens is 186 g/mol. The number of rotatable bonds is 2. The molecule has 2 N–H and O–H groups in total. The summed E-state index contributed by atoms with van der Waals surface area (Å²) < 4.78 is 1.98. The molecule has 0 aliphatic heterocycles. The second kappa shape index (κ2) is 4.50. The van der Waals surface area contributed by atoms with Crippen LogP contribution >= 0.6 is 0 Å². The van der Waals surface area contributed by atoms with Crippen molar-refractivity contribution < 1.29 is 0 Å². The minimum absolute atomic E-state index is 0.445. The highest BCUT2D eigenvalue weighted by molar-refractivity contribution is 5.37. The van der Waals surface area contributed by atoms with Gasteiger partial charge in [-0.05, 0) is 27.2 Å². The smallest absolute Gasteiger partial charge is 0.0722 e. The van der Waals surface area contributed by atoms with Gasteiger partial charge in [0.05, 0.1) is 23.0 Å². The van der Waals surface area contributed by atoms with E-state index >= 15 is 0 Å². The van der Waals surface area contributed by atoms with E-state index in [0.29, 0.717) is 0 Å². The molecule has 0 unspecified atom stereocenters. The normalized spacial score (nSPS) is 11.0. The van der Waals surface area contributed by atoms with Crippen LogP contribution in [-0.4, -0.2) is 15.3 Å². The fraction of sp³-hybridized carbons (Fsp3) is 0.583. The van der Waals surface area contributed by atoms with Crippen LogP contribution in [0.25, 0.3) is 0 Å². The summed E-state index contributed by atoms with van der Waals surface area (Å²) >= 11 is 0. The molecule has 0 aliphatic carbocycles. The minimum atomic E-state index is -0.445. The molecule has 0 fully saturated rings. The van der Waals surface area contributed by atoms with Gasteiger partial charge in [0.25, 0.3) is 0 Å². The number of nitrogens with zero attached hydrogens (tertiary/aromatic N) is 2. The molecule has 0 spiro atoms. The maximum atomic E-state index is 5.80. The highest BCUT2D eigenvalue weighted by Crippen LogP contribution is 2.06. The van der Waals surface area contributed by atoms with Crippen molar-refractivity contribution in [3.8, 4) is 11.8 Å². The van der Waals surface area contributed by atoms with Crippen molar-refractivity contribution in [1.29, 1.82) is 0 Å². The fourth-order valence-corrected chi connectivity index (χ4v) is 1.23. The van der Waals surface area contributed by atoms with Crippen LogP contribution in [0.4, 0.5) is 0 Å². The monoisotopic (exact) mass is 205 g/mol. The first kappa shape index (κ1) is 11.8. The zero-order valence-corrected chi connectivity index (χ0v) is 9.96. The lowest BCUT2D eigenvalue weighted by Crippen LogP contribution is -2.29. The first-order chi connectivity index (χ1) is 6.94. The third kappa shape index (κ3) is 3.41. The van der Waals surface area contributed by atoms with Crippen molar-refractivity contribution in [2.24, 2.45) is 5.73 Å². The van der Waals surface area contributed by atoms with E-state index in [4.69, 9.17) is 5.73 Å². The van der Waals surface area contributed by atoms with Crippen LogP contribution in [0.1, 0.15) is 38.4 Å². The number of hydrogen-bond donors (Lipinski definition) is 1. The number of hydrogen-bond acceptors (Lipinski definition) is 2. The highest BCUT2D eigenvalue weighted by Gasteiger charge is 2.06. The van der Waals surface area contributed by atoms with Gasteiger partial charge in [0, 0.05) is 6.54 Å². The van der Waals surface area contributed by atoms with Crippen LogP contribution in [0, 0.1) is 18.8 Å². The molecule has 0 aliphatic rings. The van der Waals surface area contributed by atoms with E-state index in [1.807, 2.05) is 31.6 Å². The zero-order valence-electron chi connectivity index (χ0n) is 9.96. The molecule has 0 bridgehead atoms. The van der Waals surface area contributed by atoms with Gasteiger partial charge < -0.3 is 5.73 Å². The van der Waals surface area contributed by atoms with Crippen LogP contribution < -0.4 is 5.73 Å². The first-order valence-electron chi connectivity index (χ1n) is 5.28. The summed E-state index contributed by atoms with van der Waals surface area (Å²) in [4.78, 5) is 0. The standard InChI is InChI=1S/C12H19N3/c1-5-8-15-10(2)11(9-14-15)6-7-12(3,4)13/h9H,5,8,13H2,1-4H3. The summed E-state index contributed by atoms with van der Waals surface area (Å²) in [5, 5.41) is 4.28. The summed E-state index contributed by atoms with van der Waals surface area (Å²) in [5.74, 6) is 6.08. The van der Waals surface area contributed by atoms with Gasteiger partial charge in [0.2, 0.25) is 0 Å². The number of aryl methyl sites for hydroxylation is 1. The maximum Gasteiger partial charge on any atom is 0.0722 e. The Hall–Kier alpha value is -1.27. The topological polar surface area (TPSA) is 43.8 Å². The third-order valence-corrected chi connectivity index (χ3v) is 2.06. The molecule has 1 aromatic rings. The van der Waals surface area contributed by atoms with Gasteiger partial charge in [0.1, 0.15) is 0 Å². The molecule has 0 atom stereocenters. The van der Waals surface area contributed by atoms with Crippen LogP contribution in [-0.2, 0) is 6.54 Å². The van der Waals surface area contributed by atoms with Crippen LogP contribution in [0.15, 0.2) is 6.20 Å². The lowest BCUT2D eigenvalue weighted by Gasteiger charge is -2.07. The van der Waals surface area contributed by atoms with E-state index in [-0.39, 0.29) is 0 Å². The van der Waals surface area contributed by atoms with Crippen molar-refractivity contribution in [2.75, 3.05) is 0 Å². The number of nitrogens with two attached hydrogens (primary N) is 1. The van der Waals surface area contributed by atoms with E-state index in [0.717, 1.165) is 24.2 Å². The predicted molar refractivity (Wildman–Crippen MR) is 62.4 cm³/mol. The Morgan fingerprint density at radius 3 is 2.73 bits per heavy atom. The molecule has 3 heteroatoms. The third-order valence-electron chi connectivity index (χ3n) is 2.06. The predicted octanol–water partition coefficient (Wildman–Crippen LogP) is 1.69. The van der Waals surface area contributed by atoms with Gasteiger partial charge in [-0.3, -0.25) is 4.68 Å². The Labute approximate surface area is 91.7 Å². The maximum absolute atomic E-state index is 5.80. The SMILES string of the molecule is CCCn1ncc(C#CC(C)(C)N)c1C.